The van der Waals surface area contributed by atoms with Gasteiger partial charge in [-0.2, -0.15) is 0 Å². The molecule has 2 rings (SSSR count). The number of benzene rings is 2. The molecular weight excluding hydrogens is 234 g/mol. The Morgan fingerprint density at radius 1 is 1.05 bits per heavy atom. The average molecular weight is 255 g/mol. The molecule has 0 amide bonds. The molecule has 2 heteroatoms. The predicted octanol–water partition coefficient (Wildman–Crippen LogP) is 3.12. The summed E-state index contributed by atoms with van der Waals surface area (Å²) in [5.74, 6) is 0.919. The van der Waals surface area contributed by atoms with E-state index in [0.717, 1.165) is 18.6 Å². The topological polar surface area (TPSA) is 35.2 Å². The number of nitrogens with two attached hydrogens (primary N) is 1. The van der Waals surface area contributed by atoms with Gasteiger partial charge in [0.2, 0.25) is 0 Å². The minimum Gasteiger partial charge on any atom is -0.496 e. The van der Waals surface area contributed by atoms with E-state index in [2.05, 4.69) is 37.3 Å². The van der Waals surface area contributed by atoms with E-state index in [9.17, 15) is 0 Å². The largest absolute Gasteiger partial charge is 0.496 e. The first-order chi connectivity index (χ1) is 9.19. The molecule has 2 aromatic rings. The molecule has 0 aliphatic rings. The predicted molar refractivity (Wildman–Crippen MR) is 79.6 cm³/mol. The fourth-order valence-corrected chi connectivity index (χ4v) is 2.37. The zero-order valence-electron chi connectivity index (χ0n) is 11.6. The Bertz CT molecular complexity index is 536. The van der Waals surface area contributed by atoms with Crippen LogP contribution in [0.25, 0.3) is 0 Å². The first kappa shape index (κ1) is 13.6. The van der Waals surface area contributed by atoms with Gasteiger partial charge in [0, 0.05) is 6.04 Å². The lowest BCUT2D eigenvalue weighted by Gasteiger charge is -2.14. The first-order valence-corrected chi connectivity index (χ1v) is 6.62. The maximum atomic E-state index is 6.26. The minimum absolute atomic E-state index is 0.109. The second-order valence-electron chi connectivity index (χ2n) is 4.97. The molecule has 0 heterocycles. The van der Waals surface area contributed by atoms with Gasteiger partial charge in [0.05, 0.1) is 7.11 Å². The highest BCUT2D eigenvalue weighted by Crippen LogP contribution is 2.19. The molecule has 0 fully saturated rings. The summed E-state index contributed by atoms with van der Waals surface area (Å²) in [5, 5.41) is 0. The third kappa shape index (κ3) is 3.83. The van der Waals surface area contributed by atoms with Crippen LogP contribution in [-0.2, 0) is 12.8 Å². The van der Waals surface area contributed by atoms with Crippen LogP contribution in [0.3, 0.4) is 0 Å². The molecule has 2 aromatic carbocycles. The normalized spacial score (nSPS) is 12.2. The molecular formula is C17H21NO. The van der Waals surface area contributed by atoms with Crippen molar-refractivity contribution in [3.05, 3.63) is 65.2 Å². The third-order valence-corrected chi connectivity index (χ3v) is 3.26. The summed E-state index contributed by atoms with van der Waals surface area (Å²) in [6.45, 7) is 2.11. The summed E-state index contributed by atoms with van der Waals surface area (Å²) in [5.41, 5.74) is 10.0. The van der Waals surface area contributed by atoms with Crippen molar-refractivity contribution in [3.8, 4) is 5.75 Å². The van der Waals surface area contributed by atoms with E-state index < -0.39 is 0 Å². The Morgan fingerprint density at radius 3 is 2.58 bits per heavy atom. The van der Waals surface area contributed by atoms with Gasteiger partial charge < -0.3 is 10.5 Å². The average Bonchev–Trinajstić information content (AvgIpc) is 2.39. The van der Waals surface area contributed by atoms with Crippen LogP contribution in [0, 0.1) is 6.92 Å². The summed E-state index contributed by atoms with van der Waals surface area (Å²) in [7, 11) is 1.70. The summed E-state index contributed by atoms with van der Waals surface area (Å²) in [6, 6.07) is 16.7. The van der Waals surface area contributed by atoms with Gasteiger partial charge in [-0.05, 0) is 37.0 Å². The molecule has 0 bridgehead atoms. The summed E-state index contributed by atoms with van der Waals surface area (Å²) in [6.07, 6.45) is 1.72. The molecule has 100 valence electrons. The van der Waals surface area contributed by atoms with Gasteiger partial charge in [-0.25, -0.2) is 0 Å². The van der Waals surface area contributed by atoms with Gasteiger partial charge in [0.25, 0.3) is 0 Å². The lowest BCUT2D eigenvalue weighted by atomic mass is 9.98. The number of hydrogen-bond acceptors (Lipinski definition) is 2. The van der Waals surface area contributed by atoms with Crippen molar-refractivity contribution in [2.24, 2.45) is 5.73 Å². The van der Waals surface area contributed by atoms with Crippen molar-refractivity contribution < 1.29 is 4.74 Å². The van der Waals surface area contributed by atoms with Crippen LogP contribution in [0.15, 0.2) is 48.5 Å². The van der Waals surface area contributed by atoms with E-state index in [4.69, 9.17) is 10.5 Å². The van der Waals surface area contributed by atoms with Crippen LogP contribution < -0.4 is 10.5 Å². The van der Waals surface area contributed by atoms with Crippen LogP contribution in [-0.4, -0.2) is 13.2 Å². The Hall–Kier alpha value is -1.80. The van der Waals surface area contributed by atoms with Crippen LogP contribution in [0.2, 0.25) is 0 Å². The van der Waals surface area contributed by atoms with Crippen molar-refractivity contribution in [2.45, 2.75) is 25.8 Å². The molecule has 1 unspecified atom stereocenters. The molecule has 2 nitrogen and oxygen atoms in total. The summed E-state index contributed by atoms with van der Waals surface area (Å²) >= 11 is 0. The monoisotopic (exact) mass is 255 g/mol. The smallest absolute Gasteiger partial charge is 0.122 e. The molecule has 0 aromatic heterocycles. The van der Waals surface area contributed by atoms with Gasteiger partial charge in [0.1, 0.15) is 5.75 Å². The van der Waals surface area contributed by atoms with Gasteiger partial charge >= 0.3 is 0 Å². The van der Waals surface area contributed by atoms with Crippen molar-refractivity contribution in [1.29, 1.82) is 0 Å². The van der Waals surface area contributed by atoms with Gasteiger partial charge in [-0.1, -0.05) is 48.0 Å². The molecule has 19 heavy (non-hydrogen) atoms. The highest BCUT2D eigenvalue weighted by Gasteiger charge is 2.09. The van der Waals surface area contributed by atoms with Crippen LogP contribution in [0.4, 0.5) is 0 Å². The van der Waals surface area contributed by atoms with Gasteiger partial charge in [-0.3, -0.25) is 0 Å². The fraction of sp³-hybridized carbons (Fsp3) is 0.294. The Kier molecular flexibility index (Phi) is 4.58. The van der Waals surface area contributed by atoms with Gasteiger partial charge in [-0.15, -0.1) is 0 Å². The van der Waals surface area contributed by atoms with Crippen molar-refractivity contribution in [3.63, 3.8) is 0 Å². The molecule has 0 spiro atoms. The van der Waals surface area contributed by atoms with Crippen molar-refractivity contribution in [1.82, 2.24) is 0 Å². The van der Waals surface area contributed by atoms with Crippen molar-refractivity contribution >= 4 is 0 Å². The lowest BCUT2D eigenvalue weighted by molar-refractivity contribution is 0.408. The van der Waals surface area contributed by atoms with E-state index in [1.807, 2.05) is 18.2 Å². The zero-order valence-corrected chi connectivity index (χ0v) is 11.6. The zero-order chi connectivity index (χ0) is 13.7. The summed E-state index contributed by atoms with van der Waals surface area (Å²) < 4.78 is 5.36. The van der Waals surface area contributed by atoms with Crippen LogP contribution in [0.1, 0.15) is 16.7 Å². The molecule has 0 aliphatic carbocycles. The summed E-state index contributed by atoms with van der Waals surface area (Å²) in [4.78, 5) is 0. The maximum Gasteiger partial charge on any atom is 0.122 e. The highest BCUT2D eigenvalue weighted by atomic mass is 16.5. The first-order valence-electron chi connectivity index (χ1n) is 6.62. The number of para-hydroxylation sites is 1. The molecule has 2 N–H and O–H groups in total. The lowest BCUT2D eigenvalue weighted by Crippen LogP contribution is -2.25. The molecule has 0 saturated heterocycles. The molecule has 0 radical (unpaired) electrons. The Morgan fingerprint density at radius 2 is 1.84 bits per heavy atom. The third-order valence-electron chi connectivity index (χ3n) is 3.26. The Balaban J connectivity index is 2.03. The van der Waals surface area contributed by atoms with E-state index in [0.29, 0.717) is 0 Å². The second-order valence-corrected chi connectivity index (χ2v) is 4.97. The van der Waals surface area contributed by atoms with Crippen LogP contribution in [0.5, 0.6) is 5.75 Å². The minimum atomic E-state index is 0.109. The van der Waals surface area contributed by atoms with E-state index in [-0.39, 0.29) is 6.04 Å². The molecule has 0 aliphatic heterocycles. The second kappa shape index (κ2) is 6.39. The molecule has 1 atom stereocenters. The highest BCUT2D eigenvalue weighted by molar-refractivity contribution is 5.34. The van der Waals surface area contributed by atoms with Gasteiger partial charge in [0.15, 0.2) is 0 Å². The Labute approximate surface area is 115 Å². The maximum absolute atomic E-state index is 6.26. The number of hydrogen-bond donors (Lipinski definition) is 1. The van der Waals surface area contributed by atoms with E-state index in [1.165, 1.54) is 16.7 Å². The fourth-order valence-electron chi connectivity index (χ4n) is 2.37. The number of ether oxygens (including phenoxy) is 1. The van der Waals surface area contributed by atoms with E-state index >= 15 is 0 Å². The standard InChI is InChI=1S/C17H21NO/c1-13-6-5-7-14(10-13)11-16(18)12-15-8-3-4-9-17(15)19-2/h3-10,16H,11-12,18H2,1-2H3. The van der Waals surface area contributed by atoms with E-state index in [1.54, 1.807) is 7.11 Å². The molecule has 0 saturated carbocycles. The SMILES string of the molecule is COc1ccccc1CC(N)Cc1cccc(C)c1. The number of rotatable bonds is 5. The van der Waals surface area contributed by atoms with Crippen LogP contribution >= 0.6 is 0 Å². The quantitative estimate of drug-likeness (QED) is 0.891. The van der Waals surface area contributed by atoms with Crippen molar-refractivity contribution in [2.75, 3.05) is 7.11 Å². The number of aryl methyl sites for hydroxylation is 1. The number of methoxy groups -OCH3 is 1.